The Balaban J connectivity index is 1.30. The van der Waals surface area contributed by atoms with E-state index in [1.54, 1.807) is 17.0 Å². The van der Waals surface area contributed by atoms with E-state index in [-0.39, 0.29) is 29.8 Å². The lowest BCUT2D eigenvalue weighted by molar-refractivity contribution is -0.135. The molecule has 3 amide bonds. The SMILES string of the molecule is CC1CN(C(=O)c2ccc3c(Cl)cc(-c4ccn(C)c4)nc3c2)CCN1C(=O)CC1CCC(=O)N1. The standard InChI is InChI=1S/C26H28ClN5O3/c1-16-14-31(9-10-32(16)25(34)12-19-4-6-24(33)28-19)26(35)17-3-5-20-21(27)13-22(29-23(20)11-17)18-7-8-30(2)15-18/h3,5,7-8,11,13,15-16,19H,4,6,9-10,12,14H2,1-2H3,(H,28,33). The van der Waals surface area contributed by atoms with Crippen molar-refractivity contribution in [1.29, 1.82) is 0 Å². The van der Waals surface area contributed by atoms with Gasteiger partial charge in [0, 0.05) is 80.5 Å². The van der Waals surface area contributed by atoms with Gasteiger partial charge in [-0.25, -0.2) is 4.98 Å². The van der Waals surface area contributed by atoms with Crippen LogP contribution in [-0.4, -0.2) is 68.8 Å². The fraction of sp³-hybridized carbons (Fsp3) is 0.385. The first-order valence-corrected chi connectivity index (χ1v) is 12.3. The van der Waals surface area contributed by atoms with E-state index < -0.39 is 0 Å². The Bertz CT molecular complexity index is 1320. The fourth-order valence-corrected chi connectivity index (χ4v) is 5.24. The van der Waals surface area contributed by atoms with Crippen molar-refractivity contribution < 1.29 is 14.4 Å². The molecule has 2 aromatic heterocycles. The van der Waals surface area contributed by atoms with Gasteiger partial charge in [0.15, 0.2) is 0 Å². The van der Waals surface area contributed by atoms with E-state index in [2.05, 4.69) is 5.32 Å². The second-order valence-electron chi connectivity index (χ2n) is 9.48. The van der Waals surface area contributed by atoms with Crippen LogP contribution in [0.3, 0.4) is 0 Å². The molecule has 0 spiro atoms. The number of aryl methyl sites for hydroxylation is 1. The number of nitrogens with zero attached hydrogens (tertiary/aromatic N) is 4. The minimum absolute atomic E-state index is 0.00770. The van der Waals surface area contributed by atoms with Gasteiger partial charge in [-0.3, -0.25) is 14.4 Å². The summed E-state index contributed by atoms with van der Waals surface area (Å²) in [6, 6.07) is 9.05. The number of fused-ring (bicyclic) bond motifs is 1. The quantitative estimate of drug-likeness (QED) is 0.604. The average Bonchev–Trinajstić information content (AvgIpc) is 3.45. The van der Waals surface area contributed by atoms with Crippen LogP contribution < -0.4 is 5.32 Å². The lowest BCUT2D eigenvalue weighted by Crippen LogP contribution is -2.56. The zero-order valence-electron chi connectivity index (χ0n) is 19.8. The minimum atomic E-state index is -0.102. The predicted octanol–water partition coefficient (Wildman–Crippen LogP) is 3.24. The Labute approximate surface area is 208 Å². The van der Waals surface area contributed by atoms with Crippen molar-refractivity contribution in [2.24, 2.45) is 7.05 Å². The molecule has 1 aromatic carbocycles. The molecule has 5 rings (SSSR count). The third kappa shape index (κ3) is 4.75. The van der Waals surface area contributed by atoms with Crippen LogP contribution in [0, 0.1) is 0 Å². The predicted molar refractivity (Wildman–Crippen MR) is 134 cm³/mol. The molecule has 1 N–H and O–H groups in total. The van der Waals surface area contributed by atoms with Gasteiger partial charge in [-0.2, -0.15) is 0 Å². The van der Waals surface area contributed by atoms with Crippen molar-refractivity contribution in [3.63, 3.8) is 0 Å². The minimum Gasteiger partial charge on any atom is -0.357 e. The Morgan fingerprint density at radius 3 is 2.71 bits per heavy atom. The molecule has 0 radical (unpaired) electrons. The number of piperazine rings is 1. The summed E-state index contributed by atoms with van der Waals surface area (Å²) in [6.07, 6.45) is 5.41. The van der Waals surface area contributed by atoms with Crippen LogP contribution in [0.5, 0.6) is 0 Å². The summed E-state index contributed by atoms with van der Waals surface area (Å²) in [6.45, 7) is 3.35. The van der Waals surface area contributed by atoms with Gasteiger partial charge in [0.05, 0.1) is 16.2 Å². The molecule has 2 aliphatic heterocycles. The number of amides is 3. The van der Waals surface area contributed by atoms with Crippen LogP contribution in [0.25, 0.3) is 22.2 Å². The van der Waals surface area contributed by atoms with E-state index in [4.69, 9.17) is 16.6 Å². The fourth-order valence-electron chi connectivity index (χ4n) is 4.98. The lowest BCUT2D eigenvalue weighted by Gasteiger charge is -2.40. The first kappa shape index (κ1) is 23.4. The van der Waals surface area contributed by atoms with Crippen molar-refractivity contribution >= 4 is 40.2 Å². The number of aromatic nitrogens is 2. The van der Waals surface area contributed by atoms with Gasteiger partial charge in [0.1, 0.15) is 0 Å². The van der Waals surface area contributed by atoms with Gasteiger partial charge in [-0.1, -0.05) is 17.7 Å². The van der Waals surface area contributed by atoms with Crippen molar-refractivity contribution in [3.8, 4) is 11.3 Å². The third-order valence-corrected chi connectivity index (χ3v) is 7.19. The maximum atomic E-state index is 13.3. The first-order valence-electron chi connectivity index (χ1n) is 11.9. The van der Waals surface area contributed by atoms with Gasteiger partial charge in [-0.05, 0) is 37.6 Å². The maximum Gasteiger partial charge on any atom is 0.254 e. The molecule has 2 saturated heterocycles. The summed E-state index contributed by atoms with van der Waals surface area (Å²) in [7, 11) is 1.95. The van der Waals surface area contributed by atoms with Gasteiger partial charge in [0.25, 0.3) is 5.91 Å². The molecular weight excluding hydrogens is 466 g/mol. The molecule has 182 valence electrons. The number of carbonyl (C=O) groups is 3. The van der Waals surface area contributed by atoms with E-state index in [1.807, 2.05) is 54.0 Å². The Morgan fingerprint density at radius 1 is 1.20 bits per heavy atom. The Morgan fingerprint density at radius 2 is 2.03 bits per heavy atom. The first-order chi connectivity index (χ1) is 16.8. The van der Waals surface area contributed by atoms with Crippen LogP contribution in [0.15, 0.2) is 42.7 Å². The number of hydrogen-bond donors (Lipinski definition) is 1. The molecule has 2 aliphatic rings. The molecule has 35 heavy (non-hydrogen) atoms. The van der Waals surface area contributed by atoms with Crippen molar-refractivity contribution in [2.75, 3.05) is 19.6 Å². The highest BCUT2D eigenvalue weighted by Crippen LogP contribution is 2.29. The molecular formula is C26H28ClN5O3. The molecule has 2 fully saturated rings. The summed E-state index contributed by atoms with van der Waals surface area (Å²) < 4.78 is 1.95. The number of pyridine rings is 1. The van der Waals surface area contributed by atoms with Crippen LogP contribution in [-0.2, 0) is 16.6 Å². The molecule has 0 bridgehead atoms. The Kier molecular flexibility index (Phi) is 6.23. The largest absolute Gasteiger partial charge is 0.357 e. The van der Waals surface area contributed by atoms with E-state index in [0.29, 0.717) is 55.0 Å². The summed E-state index contributed by atoms with van der Waals surface area (Å²) in [5.74, 6) is -0.0555. The summed E-state index contributed by atoms with van der Waals surface area (Å²) in [5.41, 5.74) is 2.93. The molecule has 0 saturated carbocycles. The van der Waals surface area contributed by atoms with Crippen LogP contribution in [0.1, 0.15) is 36.5 Å². The summed E-state index contributed by atoms with van der Waals surface area (Å²) in [4.78, 5) is 45.9. The molecule has 2 unspecified atom stereocenters. The lowest BCUT2D eigenvalue weighted by atomic mass is 10.1. The van der Waals surface area contributed by atoms with Gasteiger partial charge in [0.2, 0.25) is 11.8 Å². The molecule has 3 aromatic rings. The monoisotopic (exact) mass is 493 g/mol. The second-order valence-corrected chi connectivity index (χ2v) is 9.89. The smallest absolute Gasteiger partial charge is 0.254 e. The number of halogens is 1. The highest BCUT2D eigenvalue weighted by molar-refractivity contribution is 6.35. The molecule has 8 nitrogen and oxygen atoms in total. The average molecular weight is 494 g/mol. The van der Waals surface area contributed by atoms with Crippen molar-refractivity contribution in [3.05, 3.63) is 53.3 Å². The highest BCUT2D eigenvalue weighted by atomic mass is 35.5. The normalized spacial score (nSPS) is 20.4. The van der Waals surface area contributed by atoms with E-state index >= 15 is 0 Å². The van der Waals surface area contributed by atoms with Crippen LogP contribution in [0.4, 0.5) is 0 Å². The maximum absolute atomic E-state index is 13.3. The number of hydrogen-bond acceptors (Lipinski definition) is 4. The van der Waals surface area contributed by atoms with E-state index in [9.17, 15) is 14.4 Å². The highest BCUT2D eigenvalue weighted by Gasteiger charge is 2.32. The number of carbonyl (C=O) groups excluding carboxylic acids is 3. The molecule has 4 heterocycles. The van der Waals surface area contributed by atoms with E-state index in [0.717, 1.165) is 16.6 Å². The van der Waals surface area contributed by atoms with Crippen molar-refractivity contribution in [2.45, 2.75) is 38.3 Å². The van der Waals surface area contributed by atoms with Gasteiger partial charge >= 0.3 is 0 Å². The zero-order valence-corrected chi connectivity index (χ0v) is 20.6. The third-order valence-electron chi connectivity index (χ3n) is 6.88. The number of rotatable bonds is 4. The van der Waals surface area contributed by atoms with Crippen LogP contribution >= 0.6 is 11.6 Å². The molecule has 2 atom stereocenters. The second kappa shape index (κ2) is 9.34. The topological polar surface area (TPSA) is 87.5 Å². The molecule has 0 aliphatic carbocycles. The van der Waals surface area contributed by atoms with Gasteiger partial charge < -0.3 is 19.7 Å². The van der Waals surface area contributed by atoms with Gasteiger partial charge in [-0.15, -0.1) is 0 Å². The molecule has 9 heteroatoms. The number of nitrogens with one attached hydrogen (secondary N) is 1. The summed E-state index contributed by atoms with van der Waals surface area (Å²) in [5, 5.41) is 4.24. The summed E-state index contributed by atoms with van der Waals surface area (Å²) >= 11 is 6.53. The zero-order chi connectivity index (χ0) is 24.7. The van der Waals surface area contributed by atoms with Crippen molar-refractivity contribution in [1.82, 2.24) is 24.7 Å². The van der Waals surface area contributed by atoms with Crippen LogP contribution in [0.2, 0.25) is 5.02 Å². The van der Waals surface area contributed by atoms with E-state index in [1.165, 1.54) is 0 Å². The Hall–Kier alpha value is -3.39. The number of benzene rings is 1.